The van der Waals surface area contributed by atoms with E-state index in [2.05, 4.69) is 36.2 Å². The van der Waals surface area contributed by atoms with Gasteiger partial charge in [-0.05, 0) is 54.9 Å². The lowest BCUT2D eigenvalue weighted by atomic mass is 9.89. The van der Waals surface area contributed by atoms with Crippen molar-refractivity contribution in [3.63, 3.8) is 0 Å². The van der Waals surface area contributed by atoms with Crippen LogP contribution in [-0.2, 0) is 12.8 Å². The highest BCUT2D eigenvalue weighted by Gasteiger charge is 2.29. The van der Waals surface area contributed by atoms with Gasteiger partial charge < -0.3 is 15.6 Å². The summed E-state index contributed by atoms with van der Waals surface area (Å²) >= 11 is 0. The van der Waals surface area contributed by atoms with E-state index in [1.165, 1.54) is 0 Å². The average molecular weight is 421 g/mol. The zero-order valence-electron chi connectivity index (χ0n) is 18.2. The van der Waals surface area contributed by atoms with Gasteiger partial charge in [0.15, 0.2) is 0 Å². The van der Waals surface area contributed by atoms with Crippen LogP contribution in [-0.4, -0.2) is 28.5 Å². The molecule has 0 spiro atoms. The number of amides is 2. The van der Waals surface area contributed by atoms with E-state index in [0.29, 0.717) is 47.5 Å². The summed E-state index contributed by atoms with van der Waals surface area (Å²) in [5.74, 6) is -0.237. The van der Waals surface area contributed by atoms with E-state index in [0.717, 1.165) is 29.8 Å². The summed E-state index contributed by atoms with van der Waals surface area (Å²) in [5, 5.41) is 7.94. The average Bonchev–Trinajstić information content (AvgIpc) is 3.49. The number of benzene rings is 1. The Morgan fingerprint density at radius 1 is 1.23 bits per heavy atom. The molecule has 2 heterocycles. The number of nitrogens with one attached hydrogen (secondary N) is 1. The smallest absolute Gasteiger partial charge is 0.259 e. The third-order valence-corrected chi connectivity index (χ3v) is 5.39. The Morgan fingerprint density at radius 2 is 2.00 bits per heavy atom. The summed E-state index contributed by atoms with van der Waals surface area (Å²) in [6.07, 6.45) is 3.44. The van der Waals surface area contributed by atoms with Crippen LogP contribution in [0.25, 0.3) is 11.1 Å². The van der Waals surface area contributed by atoms with E-state index in [1.54, 1.807) is 18.2 Å². The van der Waals surface area contributed by atoms with Crippen molar-refractivity contribution in [2.75, 3.05) is 6.54 Å². The number of primary amides is 1. The number of nitrogens with zero attached hydrogens (tertiary/aromatic N) is 2. The number of fused-ring (bicyclic) bond motifs is 1. The van der Waals surface area contributed by atoms with Gasteiger partial charge in [-0.15, -0.1) is 0 Å². The molecule has 162 valence electrons. The fraction of sp³-hybridized carbons (Fsp3) is 0.417. The van der Waals surface area contributed by atoms with Gasteiger partial charge in [-0.3, -0.25) is 9.59 Å². The topological polar surface area (TPSA) is 111 Å². The van der Waals surface area contributed by atoms with E-state index < -0.39 is 5.91 Å². The van der Waals surface area contributed by atoms with Crippen molar-refractivity contribution in [1.82, 2.24) is 15.5 Å². The molecule has 4 rings (SSSR count). The van der Waals surface area contributed by atoms with Gasteiger partial charge in [0.05, 0.1) is 16.6 Å². The molecule has 1 aliphatic carbocycles. The second-order valence-corrected chi connectivity index (χ2v) is 9.49. The number of carbonyl (C=O) groups excluding carboxylic acids is 2. The molecule has 2 amide bonds. The zero-order chi connectivity index (χ0) is 22.2. The number of hydrogen-bond donors (Lipinski definition) is 2. The summed E-state index contributed by atoms with van der Waals surface area (Å²) in [6.45, 7) is 6.81. The van der Waals surface area contributed by atoms with Crippen LogP contribution in [0.5, 0.6) is 0 Å². The number of hydrogen-bond acceptors (Lipinski definition) is 5. The van der Waals surface area contributed by atoms with E-state index in [9.17, 15) is 9.59 Å². The molecular formula is C24H28N4O3. The van der Waals surface area contributed by atoms with Crippen LogP contribution in [0.3, 0.4) is 0 Å². The lowest BCUT2D eigenvalue weighted by Gasteiger charge is -2.16. The first-order valence-corrected chi connectivity index (χ1v) is 10.7. The number of nitrogens with two attached hydrogens (primary N) is 1. The molecule has 0 atom stereocenters. The third-order valence-electron chi connectivity index (χ3n) is 5.39. The normalized spacial score (nSPS) is 14.0. The molecule has 7 heteroatoms. The standard InChI is InChI=1S/C24H28N4O3/c1-24(2,3)13-19-20-17(12-18(15-7-8-15)27-23(20)31-28-19)22(30)26-10-9-14-5-4-6-16(11-14)21(25)29/h4-6,11-12,15H,7-10,13H2,1-3H3,(H2,25,29)(H,26,30). The van der Waals surface area contributed by atoms with Crippen molar-refractivity contribution >= 4 is 22.9 Å². The van der Waals surface area contributed by atoms with E-state index >= 15 is 0 Å². The first-order chi connectivity index (χ1) is 14.7. The van der Waals surface area contributed by atoms with Crippen LogP contribution < -0.4 is 11.1 Å². The van der Waals surface area contributed by atoms with Crippen LogP contribution in [0.2, 0.25) is 0 Å². The Kier molecular flexibility index (Phi) is 5.52. The summed E-state index contributed by atoms with van der Waals surface area (Å²) in [5.41, 5.74) is 9.41. The van der Waals surface area contributed by atoms with Crippen molar-refractivity contribution in [2.45, 2.75) is 52.4 Å². The van der Waals surface area contributed by atoms with E-state index in [1.807, 2.05) is 12.1 Å². The summed E-state index contributed by atoms with van der Waals surface area (Å²) in [4.78, 5) is 29.2. The van der Waals surface area contributed by atoms with Gasteiger partial charge in [0.25, 0.3) is 11.6 Å². The second kappa shape index (κ2) is 8.13. The van der Waals surface area contributed by atoms with Crippen LogP contribution in [0, 0.1) is 5.41 Å². The van der Waals surface area contributed by atoms with Gasteiger partial charge in [-0.1, -0.05) is 38.1 Å². The first-order valence-electron chi connectivity index (χ1n) is 10.7. The Labute approximate surface area is 181 Å². The van der Waals surface area contributed by atoms with Gasteiger partial charge in [0.2, 0.25) is 5.91 Å². The van der Waals surface area contributed by atoms with Gasteiger partial charge in [-0.2, -0.15) is 0 Å². The van der Waals surface area contributed by atoms with Crippen LogP contribution >= 0.6 is 0 Å². The molecule has 0 saturated heterocycles. The maximum absolute atomic E-state index is 13.2. The molecule has 3 N–H and O–H groups in total. The molecule has 1 saturated carbocycles. The Hall–Kier alpha value is -3.22. The minimum atomic E-state index is -0.462. The SMILES string of the molecule is CC(C)(C)Cc1noc2nc(C3CC3)cc(C(=O)NCCc3cccc(C(N)=O)c3)c12. The first kappa shape index (κ1) is 21.0. The Morgan fingerprint density at radius 3 is 2.68 bits per heavy atom. The van der Waals surface area contributed by atoms with Crippen LogP contribution in [0.15, 0.2) is 34.9 Å². The van der Waals surface area contributed by atoms with Crippen molar-refractivity contribution in [2.24, 2.45) is 11.1 Å². The highest BCUT2D eigenvalue weighted by molar-refractivity contribution is 6.06. The maximum atomic E-state index is 13.2. The van der Waals surface area contributed by atoms with Gasteiger partial charge in [-0.25, -0.2) is 4.98 Å². The fourth-order valence-electron chi connectivity index (χ4n) is 3.72. The van der Waals surface area contributed by atoms with Crippen molar-refractivity contribution in [3.8, 4) is 0 Å². The molecule has 1 aliphatic rings. The molecule has 7 nitrogen and oxygen atoms in total. The van der Waals surface area contributed by atoms with Crippen molar-refractivity contribution in [3.05, 3.63) is 58.4 Å². The van der Waals surface area contributed by atoms with Gasteiger partial charge in [0, 0.05) is 23.7 Å². The number of carbonyl (C=O) groups is 2. The predicted molar refractivity (Wildman–Crippen MR) is 118 cm³/mol. The minimum Gasteiger partial charge on any atom is -0.366 e. The Bertz CT molecular complexity index is 1140. The molecule has 1 aromatic carbocycles. The predicted octanol–water partition coefficient (Wildman–Crippen LogP) is 3.76. The largest absolute Gasteiger partial charge is 0.366 e. The summed E-state index contributed by atoms with van der Waals surface area (Å²) < 4.78 is 5.53. The van der Waals surface area contributed by atoms with Gasteiger partial charge >= 0.3 is 0 Å². The quantitative estimate of drug-likeness (QED) is 0.604. The molecule has 2 aromatic heterocycles. The number of rotatable bonds is 7. The van der Waals surface area contributed by atoms with E-state index in [-0.39, 0.29) is 11.3 Å². The third kappa shape index (κ3) is 4.93. The fourth-order valence-corrected chi connectivity index (χ4v) is 3.72. The molecule has 0 aliphatic heterocycles. The second-order valence-electron chi connectivity index (χ2n) is 9.49. The molecule has 0 bridgehead atoms. The van der Waals surface area contributed by atoms with Crippen LogP contribution in [0.4, 0.5) is 0 Å². The maximum Gasteiger partial charge on any atom is 0.259 e. The van der Waals surface area contributed by atoms with Crippen molar-refractivity contribution < 1.29 is 14.1 Å². The molecule has 31 heavy (non-hydrogen) atoms. The molecule has 0 unspecified atom stereocenters. The molecule has 1 fully saturated rings. The monoisotopic (exact) mass is 420 g/mol. The van der Waals surface area contributed by atoms with Crippen LogP contribution in [0.1, 0.15) is 77.2 Å². The molecular weight excluding hydrogens is 392 g/mol. The highest BCUT2D eigenvalue weighted by Crippen LogP contribution is 2.40. The number of aromatic nitrogens is 2. The highest BCUT2D eigenvalue weighted by atomic mass is 16.5. The lowest BCUT2D eigenvalue weighted by Crippen LogP contribution is -2.26. The lowest BCUT2D eigenvalue weighted by molar-refractivity contribution is 0.0953. The van der Waals surface area contributed by atoms with Crippen molar-refractivity contribution in [1.29, 1.82) is 0 Å². The Balaban J connectivity index is 1.56. The van der Waals surface area contributed by atoms with Gasteiger partial charge in [0.1, 0.15) is 0 Å². The molecule has 0 radical (unpaired) electrons. The summed E-state index contributed by atoms with van der Waals surface area (Å²) in [6, 6.07) is 9.04. The van der Waals surface area contributed by atoms with E-state index in [4.69, 9.17) is 10.3 Å². The molecule has 3 aromatic rings. The number of pyridine rings is 1. The zero-order valence-corrected chi connectivity index (χ0v) is 18.2. The minimum absolute atomic E-state index is 0.00183. The summed E-state index contributed by atoms with van der Waals surface area (Å²) in [7, 11) is 0.